The lowest BCUT2D eigenvalue weighted by molar-refractivity contribution is -0.117. The molecule has 0 bridgehead atoms. The quantitative estimate of drug-likeness (QED) is 0.899. The Morgan fingerprint density at radius 2 is 2.00 bits per heavy atom. The molecule has 1 fully saturated rings. The first-order valence-corrected chi connectivity index (χ1v) is 6.22. The summed E-state index contributed by atoms with van der Waals surface area (Å²) >= 11 is 0. The van der Waals surface area contributed by atoms with Crippen molar-refractivity contribution in [2.45, 2.75) is 31.8 Å². The number of amides is 1. The number of rotatable bonds is 3. The number of carbonyl (C=O) groups is 1. The van der Waals surface area contributed by atoms with E-state index in [-0.39, 0.29) is 11.9 Å². The van der Waals surface area contributed by atoms with Gasteiger partial charge in [-0.05, 0) is 26.0 Å². The highest BCUT2D eigenvalue weighted by molar-refractivity contribution is 5.99. The molecule has 104 valence electrons. The van der Waals surface area contributed by atoms with Crippen LogP contribution in [0.4, 0.5) is 5.69 Å². The van der Waals surface area contributed by atoms with Crippen molar-refractivity contribution in [1.29, 1.82) is 0 Å². The molecule has 0 aromatic heterocycles. The lowest BCUT2D eigenvalue weighted by Gasteiger charge is -2.35. The van der Waals surface area contributed by atoms with E-state index in [2.05, 4.69) is 0 Å². The van der Waals surface area contributed by atoms with Crippen LogP contribution in [0.2, 0.25) is 0 Å². The fourth-order valence-electron chi connectivity index (χ4n) is 2.43. The second-order valence-corrected chi connectivity index (χ2v) is 5.23. The highest BCUT2D eigenvalue weighted by atomic mass is 16.5. The molecule has 0 spiro atoms. The molecule has 1 unspecified atom stereocenters. The zero-order valence-electron chi connectivity index (χ0n) is 11.8. The maximum absolute atomic E-state index is 12.2. The summed E-state index contributed by atoms with van der Waals surface area (Å²) in [7, 11) is 3.17. The second kappa shape index (κ2) is 4.74. The normalized spacial score (nSPS) is 21.6. The van der Waals surface area contributed by atoms with Crippen LogP contribution in [-0.4, -0.2) is 31.7 Å². The fourth-order valence-corrected chi connectivity index (χ4v) is 2.43. The van der Waals surface area contributed by atoms with Crippen LogP contribution in [0.3, 0.4) is 0 Å². The van der Waals surface area contributed by atoms with Gasteiger partial charge in [-0.2, -0.15) is 0 Å². The van der Waals surface area contributed by atoms with E-state index in [4.69, 9.17) is 15.2 Å². The number of carbonyl (C=O) groups excluding carboxylic acids is 1. The van der Waals surface area contributed by atoms with Gasteiger partial charge >= 0.3 is 0 Å². The van der Waals surface area contributed by atoms with Crippen molar-refractivity contribution in [3.63, 3.8) is 0 Å². The number of anilines is 1. The zero-order chi connectivity index (χ0) is 14.2. The number of hydrogen-bond donors (Lipinski definition) is 1. The highest BCUT2D eigenvalue weighted by Crippen LogP contribution is 2.40. The van der Waals surface area contributed by atoms with E-state index in [1.807, 2.05) is 26.0 Å². The van der Waals surface area contributed by atoms with Crippen molar-refractivity contribution in [2.24, 2.45) is 5.73 Å². The minimum absolute atomic E-state index is 0.0148. The summed E-state index contributed by atoms with van der Waals surface area (Å²) in [4.78, 5) is 13.9. The van der Waals surface area contributed by atoms with Gasteiger partial charge in [0.25, 0.3) is 0 Å². The standard InChI is InChI=1S/C14H20N2O3/c1-14(2)12(15)8-13(17)16(14)10-6-5-9(18-3)7-11(10)19-4/h5-7,12H,8,15H2,1-4H3. The van der Waals surface area contributed by atoms with Crippen LogP contribution in [0, 0.1) is 0 Å². The Bertz CT molecular complexity index is 499. The van der Waals surface area contributed by atoms with Crippen molar-refractivity contribution in [2.75, 3.05) is 19.1 Å². The zero-order valence-corrected chi connectivity index (χ0v) is 11.8. The number of nitrogens with two attached hydrogens (primary N) is 1. The van der Waals surface area contributed by atoms with Gasteiger partial charge in [0.05, 0.1) is 25.4 Å². The molecule has 1 saturated heterocycles. The minimum atomic E-state index is -0.432. The van der Waals surface area contributed by atoms with Crippen molar-refractivity contribution >= 4 is 11.6 Å². The van der Waals surface area contributed by atoms with Crippen LogP contribution in [0.5, 0.6) is 11.5 Å². The third-order valence-electron chi connectivity index (χ3n) is 3.76. The van der Waals surface area contributed by atoms with Crippen LogP contribution in [0.1, 0.15) is 20.3 Å². The number of methoxy groups -OCH3 is 2. The van der Waals surface area contributed by atoms with Gasteiger partial charge in [0, 0.05) is 18.5 Å². The van der Waals surface area contributed by atoms with Gasteiger partial charge in [-0.15, -0.1) is 0 Å². The second-order valence-electron chi connectivity index (χ2n) is 5.23. The Hall–Kier alpha value is -1.75. The first-order chi connectivity index (χ1) is 8.91. The van der Waals surface area contributed by atoms with Crippen molar-refractivity contribution in [1.82, 2.24) is 0 Å². The predicted molar refractivity (Wildman–Crippen MR) is 73.7 cm³/mol. The average molecular weight is 264 g/mol. The SMILES string of the molecule is COc1ccc(N2C(=O)CC(N)C2(C)C)c(OC)c1. The third-order valence-corrected chi connectivity index (χ3v) is 3.76. The minimum Gasteiger partial charge on any atom is -0.497 e. The predicted octanol–water partition coefficient (Wildman–Crippen LogP) is 1.55. The molecule has 5 heteroatoms. The topological polar surface area (TPSA) is 64.8 Å². The molecule has 5 nitrogen and oxygen atoms in total. The Kier molecular flexibility index (Phi) is 3.41. The maximum Gasteiger partial charge on any atom is 0.229 e. The van der Waals surface area contributed by atoms with Crippen LogP contribution in [0.15, 0.2) is 18.2 Å². The summed E-state index contributed by atoms with van der Waals surface area (Å²) in [5.41, 5.74) is 6.35. The molecule has 1 aliphatic rings. The molecule has 1 atom stereocenters. The Morgan fingerprint density at radius 3 is 2.47 bits per heavy atom. The van der Waals surface area contributed by atoms with Crippen molar-refractivity contribution in [3.05, 3.63) is 18.2 Å². The molecular formula is C14H20N2O3. The van der Waals surface area contributed by atoms with Crippen molar-refractivity contribution in [3.8, 4) is 11.5 Å². The summed E-state index contributed by atoms with van der Waals surface area (Å²) in [5.74, 6) is 1.31. The molecule has 1 heterocycles. The Morgan fingerprint density at radius 1 is 1.32 bits per heavy atom. The summed E-state index contributed by atoms with van der Waals surface area (Å²) < 4.78 is 10.5. The van der Waals surface area contributed by atoms with Crippen molar-refractivity contribution < 1.29 is 14.3 Å². The average Bonchev–Trinajstić information content (AvgIpc) is 2.58. The molecule has 2 N–H and O–H groups in total. The van der Waals surface area contributed by atoms with E-state index in [1.54, 1.807) is 25.2 Å². The first-order valence-electron chi connectivity index (χ1n) is 6.22. The fraction of sp³-hybridized carbons (Fsp3) is 0.500. The molecule has 0 radical (unpaired) electrons. The maximum atomic E-state index is 12.2. The molecule has 1 amide bonds. The van der Waals surface area contributed by atoms with Gasteiger partial charge < -0.3 is 20.1 Å². The van der Waals surface area contributed by atoms with Crippen LogP contribution < -0.4 is 20.1 Å². The molecular weight excluding hydrogens is 244 g/mol. The van der Waals surface area contributed by atoms with E-state index in [0.717, 1.165) is 5.69 Å². The Balaban J connectivity index is 2.49. The summed E-state index contributed by atoms with van der Waals surface area (Å²) in [5, 5.41) is 0. The van der Waals surface area contributed by atoms with Crippen LogP contribution >= 0.6 is 0 Å². The van der Waals surface area contributed by atoms with E-state index in [9.17, 15) is 4.79 Å². The van der Waals surface area contributed by atoms with Gasteiger partial charge in [0.15, 0.2) is 0 Å². The highest BCUT2D eigenvalue weighted by Gasteiger charge is 2.46. The summed E-state index contributed by atoms with van der Waals surface area (Å²) in [6.07, 6.45) is 0.349. The van der Waals surface area contributed by atoms with Crippen LogP contribution in [-0.2, 0) is 4.79 Å². The molecule has 1 aliphatic heterocycles. The van der Waals surface area contributed by atoms with Gasteiger partial charge in [0.2, 0.25) is 5.91 Å². The largest absolute Gasteiger partial charge is 0.497 e. The molecule has 0 saturated carbocycles. The van der Waals surface area contributed by atoms with E-state index in [1.165, 1.54) is 0 Å². The molecule has 2 rings (SSSR count). The molecule has 0 aliphatic carbocycles. The van der Waals surface area contributed by atoms with Gasteiger partial charge in [-0.25, -0.2) is 0 Å². The van der Waals surface area contributed by atoms with E-state index in [0.29, 0.717) is 17.9 Å². The number of hydrogen-bond acceptors (Lipinski definition) is 4. The first kappa shape index (κ1) is 13.7. The number of nitrogens with zero attached hydrogens (tertiary/aromatic N) is 1. The smallest absolute Gasteiger partial charge is 0.229 e. The Labute approximate surface area is 113 Å². The monoisotopic (exact) mass is 264 g/mol. The molecule has 1 aromatic carbocycles. The summed E-state index contributed by atoms with van der Waals surface area (Å²) in [6, 6.07) is 5.22. The molecule has 19 heavy (non-hydrogen) atoms. The third kappa shape index (κ3) is 2.14. The number of ether oxygens (including phenoxy) is 2. The molecule has 1 aromatic rings. The van der Waals surface area contributed by atoms with Gasteiger partial charge in [-0.1, -0.05) is 0 Å². The van der Waals surface area contributed by atoms with Gasteiger partial charge in [-0.3, -0.25) is 4.79 Å². The van der Waals surface area contributed by atoms with Crippen LogP contribution in [0.25, 0.3) is 0 Å². The summed E-state index contributed by atoms with van der Waals surface area (Å²) in [6.45, 7) is 3.93. The lowest BCUT2D eigenvalue weighted by Crippen LogP contribution is -2.49. The van der Waals surface area contributed by atoms with E-state index >= 15 is 0 Å². The van der Waals surface area contributed by atoms with Gasteiger partial charge in [0.1, 0.15) is 11.5 Å². The number of benzene rings is 1. The van der Waals surface area contributed by atoms with E-state index < -0.39 is 5.54 Å². The lowest BCUT2D eigenvalue weighted by atomic mass is 9.96.